The molecule has 0 saturated carbocycles. The molecule has 0 fully saturated rings. The van der Waals surface area contributed by atoms with Gasteiger partial charge in [0, 0.05) is 11.6 Å². The molecule has 0 aliphatic rings. The van der Waals surface area contributed by atoms with Gasteiger partial charge in [0.15, 0.2) is 0 Å². The Morgan fingerprint density at radius 3 is 2.27 bits per heavy atom. The van der Waals surface area contributed by atoms with Gasteiger partial charge in [-0.15, -0.1) is 0 Å². The van der Waals surface area contributed by atoms with Gasteiger partial charge in [0.2, 0.25) is 10.0 Å². The third-order valence-electron chi connectivity index (χ3n) is 5.26. The van der Waals surface area contributed by atoms with Gasteiger partial charge in [-0.25, -0.2) is 8.42 Å². The van der Waals surface area contributed by atoms with Crippen LogP contribution in [-0.4, -0.2) is 18.9 Å². The maximum atomic E-state index is 13.4. The third-order valence-corrected chi connectivity index (χ3v) is 7.65. The summed E-state index contributed by atoms with van der Waals surface area (Å²) >= 11 is 11.6. The molecule has 0 N–H and O–H groups in total. The zero-order valence-corrected chi connectivity index (χ0v) is 21.3. The first-order valence-corrected chi connectivity index (χ1v) is 13.0. The van der Waals surface area contributed by atoms with Crippen LogP contribution in [0.1, 0.15) is 22.6 Å². The van der Waals surface area contributed by atoms with Crippen LogP contribution in [0.4, 0.5) is 18.9 Å². The zero-order valence-electron chi connectivity index (χ0n) is 19.0. The quantitative estimate of drug-likeness (QED) is 0.205. The predicted molar refractivity (Wildman–Crippen MR) is 137 cm³/mol. The lowest BCUT2D eigenvalue weighted by atomic mass is 10.2. The molecule has 37 heavy (non-hydrogen) atoms. The Morgan fingerprint density at radius 1 is 0.892 bits per heavy atom. The fraction of sp³-hybridized carbons (Fsp3) is 0.115. The Hall–Kier alpha value is -3.11. The molecule has 0 spiro atoms. The average Bonchev–Trinajstić information content (AvgIpc) is 3.31. The van der Waals surface area contributed by atoms with Crippen molar-refractivity contribution in [3.63, 3.8) is 0 Å². The van der Waals surface area contributed by atoms with E-state index in [1.165, 1.54) is 28.7 Å². The van der Waals surface area contributed by atoms with E-state index in [1.54, 1.807) is 54.6 Å². The normalized spacial score (nSPS) is 12.5. The number of hydrogen-bond donors (Lipinski definition) is 0. The molecule has 11 heteroatoms. The summed E-state index contributed by atoms with van der Waals surface area (Å²) < 4.78 is 73.1. The first kappa shape index (κ1) is 26.9. The fourth-order valence-corrected chi connectivity index (χ4v) is 5.20. The molecule has 0 bridgehead atoms. The highest BCUT2D eigenvalue weighted by molar-refractivity contribution is 7.89. The van der Waals surface area contributed by atoms with Gasteiger partial charge in [-0.05, 0) is 60.2 Å². The molecule has 5 nitrogen and oxygen atoms in total. The molecule has 3 aromatic carbocycles. The van der Waals surface area contributed by atoms with E-state index in [-0.39, 0.29) is 29.4 Å². The molecular weight excluding hydrogens is 548 g/mol. The van der Waals surface area contributed by atoms with Crippen molar-refractivity contribution in [1.29, 1.82) is 0 Å². The van der Waals surface area contributed by atoms with E-state index >= 15 is 0 Å². The molecule has 0 saturated heterocycles. The number of aliphatic imine (C=N–C) groups is 1. The number of benzene rings is 3. The lowest BCUT2D eigenvalue weighted by Crippen LogP contribution is -2.30. The number of alkyl halides is 3. The van der Waals surface area contributed by atoms with Crippen LogP contribution >= 0.6 is 23.2 Å². The summed E-state index contributed by atoms with van der Waals surface area (Å²) in [6.45, 7) is -0.0314. The van der Waals surface area contributed by atoms with E-state index in [0.29, 0.717) is 10.8 Å². The summed E-state index contributed by atoms with van der Waals surface area (Å²) in [6, 6.07) is 21.2. The number of nitrogens with zero attached hydrogens (tertiary/aromatic N) is 2. The molecule has 192 valence electrons. The van der Waals surface area contributed by atoms with Crippen molar-refractivity contribution < 1.29 is 26.0 Å². The van der Waals surface area contributed by atoms with Gasteiger partial charge < -0.3 is 4.42 Å². The average molecular weight is 567 g/mol. The largest absolute Gasteiger partial charge is 0.459 e. The molecular formula is C26H19Cl2F3N2O3S. The van der Waals surface area contributed by atoms with E-state index < -0.39 is 26.8 Å². The van der Waals surface area contributed by atoms with E-state index in [1.807, 2.05) is 0 Å². The Balaban J connectivity index is 1.57. The standard InChI is InChI=1S/C26H19Cl2F3N2O3S/c27-19-8-6-18(7-9-19)16-33(37(34,35)23-4-2-1-3-5-23)17-22-12-11-21(36-22)15-32-20-10-13-25(28)24(14-20)26(29,30)31/h1-15H,16-17H2. The first-order valence-electron chi connectivity index (χ1n) is 10.8. The SMILES string of the molecule is O=S(=O)(c1ccccc1)N(Cc1ccc(Cl)cc1)Cc1ccc(C=Nc2ccc(Cl)c(C(F)(F)F)c2)o1. The fourth-order valence-electron chi connectivity index (χ4n) is 3.43. The minimum absolute atomic E-state index is 0.0331. The van der Waals surface area contributed by atoms with Gasteiger partial charge >= 0.3 is 6.18 Å². The zero-order chi connectivity index (χ0) is 26.6. The predicted octanol–water partition coefficient (Wildman–Crippen LogP) is 7.75. The Labute approximate surface area is 221 Å². The summed E-state index contributed by atoms with van der Waals surface area (Å²) in [5, 5.41) is 0.103. The van der Waals surface area contributed by atoms with Gasteiger partial charge in [-0.2, -0.15) is 17.5 Å². The summed E-state index contributed by atoms with van der Waals surface area (Å²) in [7, 11) is -3.89. The van der Waals surface area contributed by atoms with E-state index in [9.17, 15) is 21.6 Å². The number of halogens is 5. The monoisotopic (exact) mass is 566 g/mol. The van der Waals surface area contributed by atoms with E-state index in [4.69, 9.17) is 27.6 Å². The minimum atomic E-state index is -4.61. The molecule has 4 aromatic rings. The van der Waals surface area contributed by atoms with Gasteiger partial charge in [0.25, 0.3) is 0 Å². The summed E-state index contributed by atoms with van der Waals surface area (Å²) in [6.07, 6.45) is -3.36. The van der Waals surface area contributed by atoms with Crippen molar-refractivity contribution in [2.45, 2.75) is 24.2 Å². The van der Waals surface area contributed by atoms with Crippen LogP contribution in [0.2, 0.25) is 10.0 Å². The van der Waals surface area contributed by atoms with Gasteiger partial charge in [0.05, 0.1) is 33.9 Å². The summed E-state index contributed by atoms with van der Waals surface area (Å²) in [5.74, 6) is 0.559. The molecule has 1 heterocycles. The Morgan fingerprint density at radius 2 is 1.59 bits per heavy atom. The van der Waals surface area contributed by atoms with E-state index in [0.717, 1.165) is 17.7 Å². The van der Waals surface area contributed by atoms with Crippen molar-refractivity contribution >= 4 is 45.1 Å². The molecule has 4 rings (SSSR count). The highest BCUT2D eigenvalue weighted by atomic mass is 35.5. The van der Waals surface area contributed by atoms with Crippen LogP contribution in [0.3, 0.4) is 0 Å². The maximum absolute atomic E-state index is 13.4. The van der Waals surface area contributed by atoms with E-state index in [2.05, 4.69) is 4.99 Å². The van der Waals surface area contributed by atoms with Crippen molar-refractivity contribution in [1.82, 2.24) is 4.31 Å². The van der Waals surface area contributed by atoms with Crippen LogP contribution in [0.15, 0.2) is 99.2 Å². The molecule has 0 atom stereocenters. The smallest absolute Gasteiger partial charge is 0.417 e. The van der Waals surface area contributed by atoms with Crippen LogP contribution in [0.25, 0.3) is 0 Å². The molecule has 1 aromatic heterocycles. The second-order valence-electron chi connectivity index (χ2n) is 7.94. The van der Waals surface area contributed by atoms with Crippen LogP contribution in [0, 0.1) is 0 Å². The second kappa shape index (κ2) is 11.1. The van der Waals surface area contributed by atoms with Crippen LogP contribution < -0.4 is 0 Å². The number of rotatable bonds is 8. The lowest BCUT2D eigenvalue weighted by Gasteiger charge is -2.21. The topological polar surface area (TPSA) is 62.9 Å². The third kappa shape index (κ3) is 6.81. The second-order valence-corrected chi connectivity index (χ2v) is 10.7. The van der Waals surface area contributed by atoms with Gasteiger partial charge in [0.1, 0.15) is 11.5 Å². The number of hydrogen-bond acceptors (Lipinski definition) is 4. The van der Waals surface area contributed by atoms with Crippen molar-refractivity contribution in [3.8, 4) is 0 Å². The molecule has 0 aliphatic heterocycles. The number of sulfonamides is 1. The summed E-state index contributed by atoms with van der Waals surface area (Å²) in [5.41, 5.74) is -0.237. The van der Waals surface area contributed by atoms with Gasteiger partial charge in [-0.3, -0.25) is 4.99 Å². The van der Waals surface area contributed by atoms with Crippen LogP contribution in [0.5, 0.6) is 0 Å². The lowest BCUT2D eigenvalue weighted by molar-refractivity contribution is -0.137. The Bertz CT molecular complexity index is 1500. The molecule has 0 radical (unpaired) electrons. The van der Waals surface area contributed by atoms with Crippen LogP contribution in [-0.2, 0) is 29.3 Å². The van der Waals surface area contributed by atoms with Crippen molar-refractivity contribution in [2.75, 3.05) is 0 Å². The highest BCUT2D eigenvalue weighted by Crippen LogP contribution is 2.36. The molecule has 0 amide bonds. The highest BCUT2D eigenvalue weighted by Gasteiger charge is 2.33. The Kier molecular flexibility index (Phi) is 8.08. The van der Waals surface area contributed by atoms with Gasteiger partial charge in [-0.1, -0.05) is 53.5 Å². The minimum Gasteiger partial charge on any atom is -0.459 e. The maximum Gasteiger partial charge on any atom is 0.417 e. The van der Waals surface area contributed by atoms with Crippen molar-refractivity contribution in [2.24, 2.45) is 4.99 Å². The number of furan rings is 1. The summed E-state index contributed by atoms with van der Waals surface area (Å²) in [4.78, 5) is 4.16. The molecule has 0 unspecified atom stereocenters. The first-order chi connectivity index (χ1) is 17.5. The van der Waals surface area contributed by atoms with Crippen molar-refractivity contribution in [3.05, 3.63) is 118 Å². The molecule has 0 aliphatic carbocycles.